The maximum atomic E-state index is 3.34. The smallest absolute Gasteiger partial charge is 0.0179 e. The maximum absolute atomic E-state index is 3.34. The molecule has 1 saturated heterocycles. The summed E-state index contributed by atoms with van der Waals surface area (Å²) in [6.45, 7) is 9.38. The highest BCUT2D eigenvalue weighted by Crippen LogP contribution is 2.29. The molecule has 1 aliphatic rings. The molecule has 0 amide bonds. The van der Waals surface area contributed by atoms with Gasteiger partial charge in [-0.3, -0.25) is 4.90 Å². The van der Waals surface area contributed by atoms with Gasteiger partial charge in [-0.15, -0.1) is 0 Å². The van der Waals surface area contributed by atoms with Crippen molar-refractivity contribution in [3.05, 3.63) is 24.0 Å². The largest absolute Gasteiger partial charge is 0.365 e. The summed E-state index contributed by atoms with van der Waals surface area (Å²) in [7, 11) is 0. The van der Waals surface area contributed by atoms with Gasteiger partial charge in [0.25, 0.3) is 0 Å². The Morgan fingerprint density at radius 1 is 1.27 bits per heavy atom. The summed E-state index contributed by atoms with van der Waals surface area (Å²) in [5.41, 5.74) is 1.75. The summed E-state index contributed by atoms with van der Waals surface area (Å²) in [5, 5.41) is 0. The van der Waals surface area contributed by atoms with E-state index in [4.69, 9.17) is 0 Å². The van der Waals surface area contributed by atoms with Crippen LogP contribution in [0.5, 0.6) is 0 Å². The number of H-pyrrole nitrogens is 1. The molecule has 0 radical (unpaired) electrons. The third-order valence-corrected chi connectivity index (χ3v) is 3.51. The Bertz CT molecular complexity index is 287. The zero-order chi connectivity index (χ0) is 10.9. The van der Waals surface area contributed by atoms with Gasteiger partial charge in [0.2, 0.25) is 0 Å². The summed E-state index contributed by atoms with van der Waals surface area (Å²) in [4.78, 5) is 5.93. The third-order valence-electron chi connectivity index (χ3n) is 3.51. The minimum absolute atomic E-state index is 0.334. The number of likely N-dealkylation sites (tertiary alicyclic amines) is 1. The second-order valence-electron chi connectivity index (χ2n) is 5.56. The molecular formula is C13H22N2. The zero-order valence-electron chi connectivity index (χ0n) is 10.1. The lowest BCUT2D eigenvalue weighted by Crippen LogP contribution is -2.45. The van der Waals surface area contributed by atoms with E-state index in [9.17, 15) is 0 Å². The van der Waals surface area contributed by atoms with E-state index in [1.165, 1.54) is 31.6 Å². The number of aromatic nitrogens is 1. The molecule has 1 aliphatic heterocycles. The SMILES string of the molecule is CC(C)(C)N1CCC(c2ccc[nH]2)CC1. The summed E-state index contributed by atoms with van der Waals surface area (Å²) >= 11 is 0. The lowest BCUT2D eigenvalue weighted by atomic mass is 9.91. The molecule has 0 aromatic carbocycles. The second kappa shape index (κ2) is 4.01. The Morgan fingerprint density at radius 3 is 2.40 bits per heavy atom. The van der Waals surface area contributed by atoms with Crippen LogP contribution in [0.2, 0.25) is 0 Å². The van der Waals surface area contributed by atoms with Crippen molar-refractivity contribution in [1.82, 2.24) is 9.88 Å². The van der Waals surface area contributed by atoms with E-state index in [2.05, 4.69) is 42.8 Å². The molecular weight excluding hydrogens is 184 g/mol. The van der Waals surface area contributed by atoms with Crippen LogP contribution in [-0.4, -0.2) is 28.5 Å². The van der Waals surface area contributed by atoms with Gasteiger partial charge < -0.3 is 4.98 Å². The van der Waals surface area contributed by atoms with Crippen molar-refractivity contribution in [2.24, 2.45) is 0 Å². The number of nitrogens with zero attached hydrogens (tertiary/aromatic N) is 1. The Kier molecular flexibility index (Phi) is 2.87. The number of rotatable bonds is 1. The predicted octanol–water partition coefficient (Wildman–Crippen LogP) is 2.99. The van der Waals surface area contributed by atoms with Crippen molar-refractivity contribution in [2.45, 2.75) is 45.1 Å². The first kappa shape index (κ1) is 10.7. The van der Waals surface area contributed by atoms with E-state index < -0.39 is 0 Å². The fourth-order valence-corrected chi connectivity index (χ4v) is 2.46. The molecule has 0 aliphatic carbocycles. The Morgan fingerprint density at radius 2 is 1.93 bits per heavy atom. The molecule has 15 heavy (non-hydrogen) atoms. The highest BCUT2D eigenvalue weighted by Gasteiger charge is 2.27. The van der Waals surface area contributed by atoms with Gasteiger partial charge in [0.1, 0.15) is 0 Å². The molecule has 1 N–H and O–H groups in total. The van der Waals surface area contributed by atoms with Gasteiger partial charge in [0, 0.05) is 23.3 Å². The van der Waals surface area contributed by atoms with Crippen LogP contribution >= 0.6 is 0 Å². The number of nitrogens with one attached hydrogen (secondary N) is 1. The number of piperidine rings is 1. The van der Waals surface area contributed by atoms with Crippen LogP contribution in [0.15, 0.2) is 18.3 Å². The summed E-state index contributed by atoms with van der Waals surface area (Å²) in [6, 6.07) is 4.32. The van der Waals surface area contributed by atoms with Crippen LogP contribution in [0, 0.1) is 0 Å². The molecule has 84 valence electrons. The van der Waals surface area contributed by atoms with E-state index in [1.54, 1.807) is 0 Å². The molecule has 1 aromatic rings. The van der Waals surface area contributed by atoms with Gasteiger partial charge in [-0.1, -0.05) is 0 Å². The molecule has 2 heterocycles. The summed E-state index contributed by atoms with van der Waals surface area (Å²) < 4.78 is 0. The Hall–Kier alpha value is -0.760. The lowest BCUT2D eigenvalue weighted by molar-refractivity contribution is 0.102. The molecule has 0 saturated carbocycles. The highest BCUT2D eigenvalue weighted by molar-refractivity contribution is 5.11. The summed E-state index contributed by atoms with van der Waals surface area (Å²) in [6.07, 6.45) is 4.61. The second-order valence-corrected chi connectivity index (χ2v) is 5.56. The monoisotopic (exact) mass is 206 g/mol. The van der Waals surface area contributed by atoms with Crippen molar-refractivity contribution in [3.8, 4) is 0 Å². The van der Waals surface area contributed by atoms with Gasteiger partial charge >= 0.3 is 0 Å². The van der Waals surface area contributed by atoms with Crippen molar-refractivity contribution in [2.75, 3.05) is 13.1 Å². The van der Waals surface area contributed by atoms with E-state index >= 15 is 0 Å². The van der Waals surface area contributed by atoms with Gasteiger partial charge in [-0.2, -0.15) is 0 Å². The minimum atomic E-state index is 0.334. The first-order valence-corrected chi connectivity index (χ1v) is 5.96. The average Bonchev–Trinajstić information content (AvgIpc) is 2.69. The number of hydrogen-bond donors (Lipinski definition) is 1. The minimum Gasteiger partial charge on any atom is -0.365 e. The van der Waals surface area contributed by atoms with Crippen LogP contribution in [-0.2, 0) is 0 Å². The van der Waals surface area contributed by atoms with Crippen LogP contribution in [0.1, 0.15) is 45.2 Å². The van der Waals surface area contributed by atoms with Crippen LogP contribution in [0.4, 0.5) is 0 Å². The molecule has 2 heteroatoms. The maximum Gasteiger partial charge on any atom is 0.0179 e. The topological polar surface area (TPSA) is 19.0 Å². The van der Waals surface area contributed by atoms with E-state index in [0.29, 0.717) is 5.54 Å². The molecule has 2 rings (SSSR count). The third kappa shape index (κ3) is 2.43. The van der Waals surface area contributed by atoms with Gasteiger partial charge in [0.15, 0.2) is 0 Å². The Balaban J connectivity index is 1.93. The highest BCUT2D eigenvalue weighted by atomic mass is 15.2. The zero-order valence-corrected chi connectivity index (χ0v) is 10.1. The summed E-state index contributed by atoms with van der Waals surface area (Å²) in [5.74, 6) is 0.749. The molecule has 1 fully saturated rings. The number of aromatic amines is 1. The standard InChI is InChI=1S/C13H22N2/c1-13(2,3)15-9-6-11(7-10-15)12-5-4-8-14-12/h4-5,8,11,14H,6-7,9-10H2,1-3H3. The van der Waals surface area contributed by atoms with Crippen molar-refractivity contribution in [3.63, 3.8) is 0 Å². The molecule has 0 spiro atoms. The number of hydrogen-bond acceptors (Lipinski definition) is 1. The molecule has 1 aromatic heterocycles. The average molecular weight is 206 g/mol. The first-order chi connectivity index (χ1) is 7.07. The molecule has 0 bridgehead atoms. The molecule has 0 atom stereocenters. The van der Waals surface area contributed by atoms with Crippen LogP contribution in [0.25, 0.3) is 0 Å². The quantitative estimate of drug-likeness (QED) is 0.748. The Labute approximate surface area is 92.7 Å². The van der Waals surface area contributed by atoms with Gasteiger partial charge in [-0.25, -0.2) is 0 Å². The van der Waals surface area contributed by atoms with Crippen molar-refractivity contribution < 1.29 is 0 Å². The van der Waals surface area contributed by atoms with Crippen molar-refractivity contribution >= 4 is 0 Å². The van der Waals surface area contributed by atoms with E-state index in [1.807, 2.05) is 6.20 Å². The van der Waals surface area contributed by atoms with Gasteiger partial charge in [-0.05, 0) is 58.8 Å². The fraction of sp³-hybridized carbons (Fsp3) is 0.692. The molecule has 0 unspecified atom stereocenters. The van der Waals surface area contributed by atoms with Gasteiger partial charge in [0.05, 0.1) is 0 Å². The van der Waals surface area contributed by atoms with E-state index in [-0.39, 0.29) is 0 Å². The van der Waals surface area contributed by atoms with Crippen molar-refractivity contribution in [1.29, 1.82) is 0 Å². The normalized spacial score (nSPS) is 20.7. The predicted molar refractivity (Wildman–Crippen MR) is 64.1 cm³/mol. The fourth-order valence-electron chi connectivity index (χ4n) is 2.46. The van der Waals surface area contributed by atoms with E-state index in [0.717, 1.165) is 5.92 Å². The van der Waals surface area contributed by atoms with Crippen LogP contribution < -0.4 is 0 Å². The molecule has 2 nitrogen and oxygen atoms in total. The first-order valence-electron chi connectivity index (χ1n) is 5.96. The van der Waals surface area contributed by atoms with Crippen LogP contribution in [0.3, 0.4) is 0 Å². The lowest BCUT2D eigenvalue weighted by Gasteiger charge is -2.40.